The molecule has 1 aliphatic heterocycles. The number of rotatable bonds is 9. The summed E-state index contributed by atoms with van der Waals surface area (Å²) in [6.07, 6.45) is 5.57. The lowest BCUT2D eigenvalue weighted by atomic mass is 9.97. The Hall–Kier alpha value is -2.82. The molecular weight excluding hydrogens is 554 g/mol. The Morgan fingerprint density at radius 1 is 1.16 bits per heavy atom. The van der Waals surface area contributed by atoms with Gasteiger partial charge in [-0.1, -0.05) is 28.1 Å². The van der Waals surface area contributed by atoms with E-state index in [2.05, 4.69) is 59.6 Å². The highest BCUT2D eigenvalue weighted by Gasteiger charge is 2.30. The van der Waals surface area contributed by atoms with Gasteiger partial charge >= 0.3 is 0 Å². The van der Waals surface area contributed by atoms with Crippen molar-refractivity contribution in [2.24, 2.45) is 11.8 Å². The number of hydrogen-bond donors (Lipinski definition) is 2. The molecule has 194 valence electrons. The Morgan fingerprint density at radius 3 is 2.70 bits per heavy atom. The maximum Gasteiger partial charge on any atom is 0.266 e. The van der Waals surface area contributed by atoms with E-state index in [-0.39, 0.29) is 17.7 Å². The number of hydrogen-bond acceptors (Lipinski definition) is 7. The number of nitrogens with one attached hydrogen (secondary N) is 2. The van der Waals surface area contributed by atoms with Gasteiger partial charge in [-0.2, -0.15) is 0 Å². The Bertz CT molecular complexity index is 1270. The summed E-state index contributed by atoms with van der Waals surface area (Å²) in [7, 11) is 1.60. The second-order valence-corrected chi connectivity index (χ2v) is 11.5. The molecule has 2 aromatic heterocycles. The maximum absolute atomic E-state index is 12.6. The molecule has 3 aromatic rings. The van der Waals surface area contributed by atoms with E-state index in [1.165, 1.54) is 16.9 Å². The van der Waals surface area contributed by atoms with E-state index in [1.807, 2.05) is 12.1 Å². The van der Waals surface area contributed by atoms with Crippen molar-refractivity contribution in [1.29, 1.82) is 0 Å². The van der Waals surface area contributed by atoms with Gasteiger partial charge in [0.15, 0.2) is 4.88 Å². The molecule has 0 bridgehead atoms. The molecule has 1 aromatic carbocycles. The molecule has 8 nitrogen and oxygen atoms in total. The zero-order chi connectivity index (χ0) is 25.8. The molecule has 2 aliphatic rings. The van der Waals surface area contributed by atoms with E-state index in [9.17, 15) is 9.59 Å². The van der Waals surface area contributed by atoms with Crippen molar-refractivity contribution in [3.8, 4) is 16.5 Å². The minimum atomic E-state index is -0.223. The number of carbonyl (C=O) groups is 2. The van der Waals surface area contributed by atoms with E-state index in [1.54, 1.807) is 19.3 Å². The lowest BCUT2D eigenvalue weighted by molar-refractivity contribution is -0.117. The predicted octanol–water partition coefficient (Wildman–Crippen LogP) is 4.97. The fourth-order valence-corrected chi connectivity index (χ4v) is 5.79. The number of amides is 2. The number of ether oxygens (including phenoxy) is 1. The number of aromatic nitrogens is 2. The monoisotopic (exact) mass is 583 g/mol. The van der Waals surface area contributed by atoms with E-state index in [4.69, 9.17) is 4.74 Å². The van der Waals surface area contributed by atoms with Crippen LogP contribution in [-0.4, -0.2) is 53.4 Å². The third-order valence-electron chi connectivity index (χ3n) is 6.69. The maximum atomic E-state index is 12.6. The third-order valence-corrected chi connectivity index (χ3v) is 8.27. The average Bonchev–Trinajstić information content (AvgIpc) is 3.67. The molecule has 0 spiro atoms. The first-order valence-corrected chi connectivity index (χ1v) is 14.2. The molecular formula is C27H30BrN5O3S. The minimum absolute atomic E-state index is 0.00143. The van der Waals surface area contributed by atoms with Gasteiger partial charge in [-0.25, -0.2) is 9.97 Å². The Kier molecular flexibility index (Phi) is 8.17. The van der Waals surface area contributed by atoms with Crippen molar-refractivity contribution in [3.63, 3.8) is 0 Å². The number of carbonyl (C=O) groups excluding carboxylic acids is 2. The average molecular weight is 585 g/mol. The van der Waals surface area contributed by atoms with Gasteiger partial charge in [-0.3, -0.25) is 14.5 Å². The highest BCUT2D eigenvalue weighted by atomic mass is 79.9. The highest BCUT2D eigenvalue weighted by molar-refractivity contribution is 9.10. The molecule has 1 aliphatic carbocycles. The summed E-state index contributed by atoms with van der Waals surface area (Å²) < 4.78 is 7.24. The van der Waals surface area contributed by atoms with Gasteiger partial charge in [0, 0.05) is 35.7 Å². The number of anilines is 1. The standard InChI is InChI=1S/C27H30BrN5O3S/c1-29-25(35)23-26(32-27(37-23)20-7-10-30-22(14-20)31-24(34)19-5-6-19)36-16-17-8-11-33(12-9-17)15-18-3-2-4-21(28)13-18/h2-4,7,10,13-14,17,19H,5-6,8-9,11-12,15-16H2,1H3,(H,29,35)(H,30,31,34). The summed E-state index contributed by atoms with van der Waals surface area (Å²) in [4.78, 5) is 36.5. The van der Waals surface area contributed by atoms with Crippen molar-refractivity contribution in [1.82, 2.24) is 20.2 Å². The van der Waals surface area contributed by atoms with E-state index >= 15 is 0 Å². The highest BCUT2D eigenvalue weighted by Crippen LogP contribution is 2.35. The van der Waals surface area contributed by atoms with E-state index in [0.717, 1.165) is 55.4 Å². The molecule has 0 atom stereocenters. The van der Waals surface area contributed by atoms with Gasteiger partial charge < -0.3 is 15.4 Å². The van der Waals surface area contributed by atoms with Gasteiger partial charge in [0.25, 0.3) is 5.91 Å². The largest absolute Gasteiger partial charge is 0.476 e. The number of benzene rings is 1. The van der Waals surface area contributed by atoms with Crippen molar-refractivity contribution >= 4 is 44.9 Å². The third kappa shape index (κ3) is 6.74. The zero-order valence-corrected chi connectivity index (χ0v) is 23.1. The molecule has 10 heteroatoms. The molecule has 1 saturated carbocycles. The second kappa shape index (κ2) is 11.7. The van der Waals surface area contributed by atoms with Gasteiger partial charge in [0.1, 0.15) is 10.8 Å². The summed E-state index contributed by atoms with van der Waals surface area (Å²) in [5, 5.41) is 6.21. The van der Waals surface area contributed by atoms with Crippen LogP contribution in [0.4, 0.5) is 5.82 Å². The predicted molar refractivity (Wildman–Crippen MR) is 148 cm³/mol. The van der Waals surface area contributed by atoms with Crippen molar-refractivity contribution in [2.45, 2.75) is 32.2 Å². The summed E-state index contributed by atoms with van der Waals surface area (Å²) >= 11 is 4.83. The van der Waals surface area contributed by atoms with Crippen LogP contribution in [-0.2, 0) is 11.3 Å². The van der Waals surface area contributed by atoms with Gasteiger partial charge in [-0.15, -0.1) is 11.3 Å². The first-order chi connectivity index (χ1) is 18.0. The van der Waals surface area contributed by atoms with Crippen molar-refractivity contribution in [2.75, 3.05) is 32.1 Å². The van der Waals surface area contributed by atoms with E-state index in [0.29, 0.717) is 34.1 Å². The summed E-state index contributed by atoms with van der Waals surface area (Å²) in [5.41, 5.74) is 2.09. The topological polar surface area (TPSA) is 96.5 Å². The molecule has 2 amide bonds. The molecule has 37 heavy (non-hydrogen) atoms. The summed E-state index contributed by atoms with van der Waals surface area (Å²) in [6.45, 7) is 3.49. The molecule has 2 N–H and O–H groups in total. The van der Waals surface area contributed by atoms with Gasteiger partial charge in [0.05, 0.1) is 6.61 Å². The number of thiazole rings is 1. The van der Waals surface area contributed by atoms with E-state index < -0.39 is 0 Å². The quantitative estimate of drug-likeness (QED) is 0.369. The number of pyridine rings is 1. The molecule has 3 heterocycles. The number of nitrogens with zero attached hydrogens (tertiary/aromatic N) is 3. The smallest absolute Gasteiger partial charge is 0.266 e. The van der Waals surface area contributed by atoms with Crippen LogP contribution in [0.3, 0.4) is 0 Å². The first kappa shape index (κ1) is 25.8. The summed E-state index contributed by atoms with van der Waals surface area (Å²) in [5.74, 6) is 1.13. The second-order valence-electron chi connectivity index (χ2n) is 9.59. The zero-order valence-electron chi connectivity index (χ0n) is 20.7. The van der Waals surface area contributed by atoms with Gasteiger partial charge in [-0.05, 0) is 74.5 Å². The number of likely N-dealkylation sites (tertiary alicyclic amines) is 1. The Balaban J connectivity index is 1.21. The van der Waals surface area contributed by atoms with Crippen LogP contribution in [0.2, 0.25) is 0 Å². The van der Waals surface area contributed by atoms with Crippen LogP contribution in [0.1, 0.15) is 40.9 Å². The molecule has 5 rings (SSSR count). The fraction of sp³-hybridized carbons (Fsp3) is 0.407. The number of halogens is 1. The molecule has 0 radical (unpaired) electrons. The first-order valence-electron chi connectivity index (χ1n) is 12.6. The van der Waals surface area contributed by atoms with Crippen LogP contribution in [0.25, 0.3) is 10.6 Å². The fourth-order valence-electron chi connectivity index (χ4n) is 4.39. The van der Waals surface area contributed by atoms with Gasteiger partial charge in [0.2, 0.25) is 11.8 Å². The Morgan fingerprint density at radius 2 is 1.97 bits per heavy atom. The molecule has 2 fully saturated rings. The lowest BCUT2D eigenvalue weighted by Crippen LogP contribution is -2.35. The van der Waals surface area contributed by atoms with Crippen molar-refractivity contribution in [3.05, 3.63) is 57.5 Å². The van der Waals surface area contributed by atoms with Crippen LogP contribution in [0.15, 0.2) is 47.1 Å². The minimum Gasteiger partial charge on any atom is -0.476 e. The molecule has 1 saturated heterocycles. The van der Waals surface area contributed by atoms with Crippen LogP contribution in [0, 0.1) is 11.8 Å². The van der Waals surface area contributed by atoms with Crippen LogP contribution >= 0.6 is 27.3 Å². The SMILES string of the molecule is CNC(=O)c1sc(-c2ccnc(NC(=O)C3CC3)c2)nc1OCC1CCN(Cc2cccc(Br)c2)CC1. The summed E-state index contributed by atoms with van der Waals surface area (Å²) in [6, 6.07) is 12.1. The van der Waals surface area contributed by atoms with Crippen LogP contribution < -0.4 is 15.4 Å². The Labute approximate surface area is 229 Å². The number of piperidine rings is 1. The normalized spacial score (nSPS) is 16.4. The lowest BCUT2D eigenvalue weighted by Gasteiger charge is -2.31. The van der Waals surface area contributed by atoms with Crippen LogP contribution in [0.5, 0.6) is 5.88 Å². The molecule has 0 unspecified atom stereocenters. The van der Waals surface area contributed by atoms with Crippen molar-refractivity contribution < 1.29 is 14.3 Å².